The maximum Gasteiger partial charge on any atom is 0.314 e. The molecule has 150 valence electrons. The summed E-state index contributed by atoms with van der Waals surface area (Å²) in [6.07, 6.45) is 10.8. The van der Waals surface area contributed by atoms with E-state index in [2.05, 4.69) is 38.1 Å². The van der Waals surface area contributed by atoms with Crippen molar-refractivity contribution in [2.75, 3.05) is 0 Å². The zero-order chi connectivity index (χ0) is 19.8. The van der Waals surface area contributed by atoms with Gasteiger partial charge in [-0.2, -0.15) is 0 Å². The van der Waals surface area contributed by atoms with Gasteiger partial charge in [0.05, 0.1) is 5.92 Å². The second-order valence-corrected chi connectivity index (χ2v) is 8.28. The summed E-state index contributed by atoms with van der Waals surface area (Å²) >= 11 is 0. The predicted molar refractivity (Wildman–Crippen MR) is 116 cm³/mol. The average Bonchev–Trinajstić information content (AvgIpc) is 2.68. The Morgan fingerprint density at radius 1 is 0.857 bits per heavy atom. The number of hydrogen-bond donors (Lipinski definition) is 0. The second kappa shape index (κ2) is 10.5. The van der Waals surface area contributed by atoms with E-state index < -0.39 is 0 Å². The first-order valence-corrected chi connectivity index (χ1v) is 11.1. The molecule has 2 aromatic carbocycles. The van der Waals surface area contributed by atoms with Crippen LogP contribution in [0.1, 0.15) is 70.8 Å². The van der Waals surface area contributed by atoms with Crippen molar-refractivity contribution in [1.82, 2.24) is 0 Å². The highest BCUT2D eigenvalue weighted by Crippen LogP contribution is 2.38. The van der Waals surface area contributed by atoms with Crippen molar-refractivity contribution in [2.24, 2.45) is 11.8 Å². The van der Waals surface area contributed by atoms with E-state index in [1.807, 2.05) is 24.3 Å². The summed E-state index contributed by atoms with van der Waals surface area (Å²) in [4.78, 5) is 12.3. The van der Waals surface area contributed by atoms with Gasteiger partial charge in [0, 0.05) is 0 Å². The highest BCUT2D eigenvalue weighted by molar-refractivity contribution is 5.76. The quantitative estimate of drug-likeness (QED) is 0.248. The number of benzene rings is 2. The standard InChI is InChI=1S/C26H34O2/c1-3-5-6-7-9-21-18-24(19-21)26(27)28-25-16-14-23(15-17-25)22-12-10-20(8-4-2)11-13-22/h10-17,21,24H,3-9,18-19H2,1-2H3. The van der Waals surface area contributed by atoms with Gasteiger partial charge in [-0.25, -0.2) is 0 Å². The van der Waals surface area contributed by atoms with Crippen LogP contribution in [0, 0.1) is 11.8 Å². The number of carbonyl (C=O) groups excluding carboxylic acids is 1. The van der Waals surface area contributed by atoms with Crippen molar-refractivity contribution < 1.29 is 9.53 Å². The van der Waals surface area contributed by atoms with Gasteiger partial charge in [0.15, 0.2) is 0 Å². The SMILES string of the molecule is CCCCCCC1CC(C(=O)Oc2ccc(-c3ccc(CCC)cc3)cc2)C1. The summed E-state index contributed by atoms with van der Waals surface area (Å²) in [5.74, 6) is 1.43. The zero-order valence-electron chi connectivity index (χ0n) is 17.5. The number of aryl methyl sites for hydroxylation is 1. The lowest BCUT2D eigenvalue weighted by atomic mass is 9.72. The Kier molecular flexibility index (Phi) is 7.71. The molecule has 3 rings (SSSR count). The first-order chi connectivity index (χ1) is 13.7. The van der Waals surface area contributed by atoms with Crippen molar-refractivity contribution in [3.8, 4) is 16.9 Å². The lowest BCUT2D eigenvalue weighted by molar-refractivity contribution is -0.143. The second-order valence-electron chi connectivity index (χ2n) is 8.28. The third-order valence-electron chi connectivity index (χ3n) is 5.93. The van der Waals surface area contributed by atoms with E-state index >= 15 is 0 Å². The summed E-state index contributed by atoms with van der Waals surface area (Å²) in [6.45, 7) is 4.44. The molecule has 0 bridgehead atoms. The van der Waals surface area contributed by atoms with Crippen LogP contribution in [0.3, 0.4) is 0 Å². The highest BCUT2D eigenvalue weighted by atomic mass is 16.5. The van der Waals surface area contributed by atoms with Crippen molar-refractivity contribution in [2.45, 2.75) is 71.6 Å². The van der Waals surface area contributed by atoms with E-state index in [1.54, 1.807) is 0 Å². The Morgan fingerprint density at radius 3 is 2.11 bits per heavy atom. The molecule has 1 fully saturated rings. The van der Waals surface area contributed by atoms with E-state index in [0.29, 0.717) is 5.75 Å². The minimum absolute atomic E-state index is 0.0542. The Morgan fingerprint density at radius 2 is 1.50 bits per heavy atom. The molecule has 0 heterocycles. The fourth-order valence-corrected chi connectivity index (χ4v) is 4.09. The molecule has 0 amide bonds. The highest BCUT2D eigenvalue weighted by Gasteiger charge is 2.35. The molecule has 2 aromatic rings. The molecular formula is C26H34O2. The molecule has 2 heteroatoms. The van der Waals surface area contributed by atoms with Gasteiger partial charge >= 0.3 is 5.97 Å². The van der Waals surface area contributed by atoms with Gasteiger partial charge in [-0.1, -0.05) is 88.8 Å². The maximum atomic E-state index is 12.3. The maximum absolute atomic E-state index is 12.3. The lowest BCUT2D eigenvalue weighted by Crippen LogP contribution is -2.33. The van der Waals surface area contributed by atoms with Gasteiger partial charge in [-0.15, -0.1) is 0 Å². The van der Waals surface area contributed by atoms with E-state index in [9.17, 15) is 4.79 Å². The van der Waals surface area contributed by atoms with Crippen LogP contribution < -0.4 is 4.74 Å². The van der Waals surface area contributed by atoms with E-state index in [4.69, 9.17) is 4.74 Å². The van der Waals surface area contributed by atoms with E-state index in [1.165, 1.54) is 49.7 Å². The van der Waals surface area contributed by atoms with Crippen molar-refractivity contribution in [3.63, 3.8) is 0 Å². The summed E-state index contributed by atoms with van der Waals surface area (Å²) in [6, 6.07) is 16.6. The van der Waals surface area contributed by atoms with Gasteiger partial charge in [0.25, 0.3) is 0 Å². The van der Waals surface area contributed by atoms with Gasteiger partial charge in [0.2, 0.25) is 0 Å². The molecule has 0 unspecified atom stereocenters. The van der Waals surface area contributed by atoms with Crippen LogP contribution >= 0.6 is 0 Å². The first kappa shape index (κ1) is 20.6. The molecule has 0 N–H and O–H groups in total. The molecule has 1 aliphatic carbocycles. The number of rotatable bonds is 10. The van der Waals surface area contributed by atoms with E-state index in [0.717, 1.165) is 30.7 Å². The molecule has 28 heavy (non-hydrogen) atoms. The van der Waals surface area contributed by atoms with Gasteiger partial charge in [0.1, 0.15) is 5.75 Å². The Labute approximate surface area is 170 Å². The normalized spacial score (nSPS) is 18.5. The molecule has 0 radical (unpaired) electrons. The van der Waals surface area contributed by atoms with Crippen molar-refractivity contribution in [3.05, 3.63) is 54.1 Å². The summed E-state index contributed by atoms with van der Waals surface area (Å²) in [5, 5.41) is 0. The van der Waals surface area contributed by atoms with Gasteiger partial charge in [-0.05, 0) is 54.0 Å². The average molecular weight is 379 g/mol. The van der Waals surface area contributed by atoms with Gasteiger partial charge in [-0.3, -0.25) is 4.79 Å². The summed E-state index contributed by atoms with van der Waals surface area (Å²) in [7, 11) is 0. The molecule has 0 aromatic heterocycles. The first-order valence-electron chi connectivity index (χ1n) is 11.1. The Hall–Kier alpha value is -2.09. The smallest absolute Gasteiger partial charge is 0.314 e. The fraction of sp³-hybridized carbons (Fsp3) is 0.500. The van der Waals surface area contributed by atoms with E-state index in [-0.39, 0.29) is 11.9 Å². The van der Waals surface area contributed by atoms with Crippen LogP contribution in [-0.2, 0) is 11.2 Å². The van der Waals surface area contributed by atoms with Gasteiger partial charge < -0.3 is 4.74 Å². The number of ether oxygens (including phenoxy) is 1. The third-order valence-corrected chi connectivity index (χ3v) is 5.93. The fourth-order valence-electron chi connectivity index (χ4n) is 4.09. The Bertz CT molecular complexity index is 724. The van der Waals surface area contributed by atoms with Crippen LogP contribution in [0.4, 0.5) is 0 Å². The van der Waals surface area contributed by atoms with Crippen LogP contribution in [0.25, 0.3) is 11.1 Å². The number of esters is 1. The topological polar surface area (TPSA) is 26.3 Å². The molecule has 2 nitrogen and oxygen atoms in total. The largest absolute Gasteiger partial charge is 0.426 e. The number of carbonyl (C=O) groups is 1. The third kappa shape index (κ3) is 5.70. The number of unbranched alkanes of at least 4 members (excludes halogenated alkanes) is 3. The predicted octanol–water partition coefficient (Wildman–Crippen LogP) is 7.21. The van der Waals surface area contributed by atoms with Crippen LogP contribution in [0.5, 0.6) is 5.75 Å². The summed E-state index contributed by atoms with van der Waals surface area (Å²) < 4.78 is 5.61. The molecule has 0 atom stereocenters. The van der Waals surface area contributed by atoms with Crippen LogP contribution in [0.2, 0.25) is 0 Å². The molecule has 1 aliphatic rings. The Balaban J connectivity index is 1.45. The molecule has 0 saturated heterocycles. The van der Waals surface area contributed by atoms with Crippen LogP contribution in [-0.4, -0.2) is 5.97 Å². The summed E-state index contributed by atoms with van der Waals surface area (Å²) in [5.41, 5.74) is 3.72. The molecule has 1 saturated carbocycles. The van der Waals surface area contributed by atoms with Crippen LogP contribution in [0.15, 0.2) is 48.5 Å². The van der Waals surface area contributed by atoms with Crippen molar-refractivity contribution in [1.29, 1.82) is 0 Å². The minimum Gasteiger partial charge on any atom is -0.426 e. The molecule has 0 spiro atoms. The minimum atomic E-state index is -0.0542. The van der Waals surface area contributed by atoms with Crippen molar-refractivity contribution >= 4 is 5.97 Å². The zero-order valence-corrected chi connectivity index (χ0v) is 17.5. The monoisotopic (exact) mass is 378 g/mol. The number of hydrogen-bond acceptors (Lipinski definition) is 2. The lowest BCUT2D eigenvalue weighted by Gasteiger charge is -2.33. The molecular weight excluding hydrogens is 344 g/mol. The molecule has 0 aliphatic heterocycles.